The van der Waals surface area contributed by atoms with Gasteiger partial charge in [0, 0.05) is 11.4 Å². The van der Waals surface area contributed by atoms with Gasteiger partial charge in [-0.25, -0.2) is 4.79 Å². The molecule has 0 saturated heterocycles. The largest absolute Gasteiger partial charge is 0.459 e. The Hall–Kier alpha value is -1.71. The molecule has 1 fully saturated rings. The topological polar surface area (TPSA) is 78.3 Å². The fourth-order valence-corrected chi connectivity index (χ4v) is 2.37. The van der Waals surface area contributed by atoms with Crippen LogP contribution in [0.2, 0.25) is 0 Å². The minimum atomic E-state index is -0.319. The summed E-state index contributed by atoms with van der Waals surface area (Å²) in [5.41, 5.74) is 12.8. The second-order valence-electron chi connectivity index (χ2n) is 4.91. The maximum absolute atomic E-state index is 12.0. The minimum Gasteiger partial charge on any atom is -0.459 e. The van der Waals surface area contributed by atoms with Crippen molar-refractivity contribution < 1.29 is 9.53 Å². The summed E-state index contributed by atoms with van der Waals surface area (Å²) in [6, 6.07) is 4.84. The van der Waals surface area contributed by atoms with Crippen molar-refractivity contribution in [3.05, 3.63) is 23.8 Å². The lowest BCUT2D eigenvalue weighted by Gasteiger charge is -2.15. The summed E-state index contributed by atoms with van der Waals surface area (Å²) >= 11 is 0. The summed E-state index contributed by atoms with van der Waals surface area (Å²) in [4.78, 5) is 12.0. The zero-order valence-electron chi connectivity index (χ0n) is 10.5. The van der Waals surface area contributed by atoms with E-state index in [2.05, 4.69) is 0 Å². The zero-order chi connectivity index (χ0) is 13.0. The number of carbonyl (C=O) groups excluding carboxylic acids is 1. The first-order valence-electron chi connectivity index (χ1n) is 6.52. The Morgan fingerprint density at radius 3 is 2.11 bits per heavy atom. The molecule has 0 aliphatic heterocycles. The monoisotopic (exact) mass is 248 g/mol. The standard InChI is InChI=1S/C14H20N2O2/c15-11-7-10(8-12(16)9-11)14(17)18-13-5-3-1-2-4-6-13/h7-9,13H,1-6,15-16H2. The molecular formula is C14H20N2O2. The van der Waals surface area contributed by atoms with E-state index < -0.39 is 0 Å². The third-order valence-electron chi connectivity index (χ3n) is 3.29. The summed E-state index contributed by atoms with van der Waals surface area (Å²) in [6.07, 6.45) is 6.71. The second-order valence-corrected chi connectivity index (χ2v) is 4.91. The minimum absolute atomic E-state index is 0.0441. The van der Waals surface area contributed by atoms with Gasteiger partial charge in [0.15, 0.2) is 0 Å². The van der Waals surface area contributed by atoms with E-state index in [0.717, 1.165) is 25.7 Å². The van der Waals surface area contributed by atoms with E-state index in [0.29, 0.717) is 16.9 Å². The van der Waals surface area contributed by atoms with E-state index in [-0.39, 0.29) is 12.1 Å². The molecule has 4 N–H and O–H groups in total. The lowest BCUT2D eigenvalue weighted by Crippen LogP contribution is -2.17. The number of nitrogens with two attached hydrogens (primary N) is 2. The van der Waals surface area contributed by atoms with Gasteiger partial charge in [0.1, 0.15) is 6.10 Å². The molecule has 2 rings (SSSR count). The fourth-order valence-electron chi connectivity index (χ4n) is 2.37. The number of hydrogen-bond donors (Lipinski definition) is 2. The molecule has 0 amide bonds. The number of nitrogen functional groups attached to an aromatic ring is 2. The van der Waals surface area contributed by atoms with Crippen LogP contribution in [-0.4, -0.2) is 12.1 Å². The lowest BCUT2D eigenvalue weighted by molar-refractivity contribution is 0.0267. The van der Waals surface area contributed by atoms with Gasteiger partial charge >= 0.3 is 5.97 Å². The third kappa shape index (κ3) is 3.39. The van der Waals surface area contributed by atoms with Crippen LogP contribution in [0.3, 0.4) is 0 Å². The molecule has 18 heavy (non-hydrogen) atoms. The number of carbonyl (C=O) groups is 1. The molecule has 0 aromatic heterocycles. The molecule has 0 heterocycles. The predicted molar refractivity (Wildman–Crippen MR) is 72.2 cm³/mol. The van der Waals surface area contributed by atoms with Crippen LogP contribution in [0, 0.1) is 0 Å². The summed E-state index contributed by atoms with van der Waals surface area (Å²) in [7, 11) is 0. The highest BCUT2D eigenvalue weighted by molar-refractivity contribution is 5.91. The van der Waals surface area contributed by atoms with Crippen LogP contribution >= 0.6 is 0 Å². The number of esters is 1. The van der Waals surface area contributed by atoms with Gasteiger partial charge in [-0.2, -0.15) is 0 Å². The van der Waals surface area contributed by atoms with Crippen LogP contribution in [0.1, 0.15) is 48.9 Å². The van der Waals surface area contributed by atoms with Crippen molar-refractivity contribution in [2.24, 2.45) is 0 Å². The third-order valence-corrected chi connectivity index (χ3v) is 3.29. The van der Waals surface area contributed by atoms with Crippen molar-refractivity contribution in [1.29, 1.82) is 0 Å². The van der Waals surface area contributed by atoms with Gasteiger partial charge in [-0.3, -0.25) is 0 Å². The summed E-state index contributed by atoms with van der Waals surface area (Å²) in [6.45, 7) is 0. The molecule has 1 aromatic rings. The smallest absolute Gasteiger partial charge is 0.338 e. The Morgan fingerprint density at radius 2 is 1.56 bits per heavy atom. The van der Waals surface area contributed by atoms with E-state index in [1.807, 2.05) is 0 Å². The van der Waals surface area contributed by atoms with Gasteiger partial charge in [-0.15, -0.1) is 0 Å². The molecule has 4 heteroatoms. The molecule has 1 saturated carbocycles. The second kappa shape index (κ2) is 5.76. The average Bonchev–Trinajstić information content (AvgIpc) is 2.56. The van der Waals surface area contributed by atoms with Crippen LogP contribution < -0.4 is 11.5 Å². The van der Waals surface area contributed by atoms with Crippen LogP contribution in [0.5, 0.6) is 0 Å². The van der Waals surface area contributed by atoms with Crippen LogP contribution in [0.15, 0.2) is 18.2 Å². The summed E-state index contributed by atoms with van der Waals surface area (Å²) < 4.78 is 5.52. The maximum Gasteiger partial charge on any atom is 0.338 e. The Kier molecular flexibility index (Phi) is 4.07. The van der Waals surface area contributed by atoms with Crippen LogP contribution in [-0.2, 0) is 4.74 Å². The molecule has 0 spiro atoms. The number of hydrogen-bond acceptors (Lipinski definition) is 4. The Bertz CT molecular complexity index is 404. The van der Waals surface area contributed by atoms with Gasteiger partial charge in [0.05, 0.1) is 5.56 Å². The first kappa shape index (κ1) is 12.7. The van der Waals surface area contributed by atoms with E-state index in [9.17, 15) is 4.79 Å². The Morgan fingerprint density at radius 1 is 1.00 bits per heavy atom. The SMILES string of the molecule is Nc1cc(N)cc(C(=O)OC2CCCCCC2)c1. The maximum atomic E-state index is 12.0. The highest BCUT2D eigenvalue weighted by Gasteiger charge is 2.18. The molecule has 1 aliphatic rings. The van der Waals surface area contributed by atoms with E-state index >= 15 is 0 Å². The van der Waals surface area contributed by atoms with E-state index in [1.54, 1.807) is 18.2 Å². The first-order chi connectivity index (χ1) is 8.65. The summed E-state index contributed by atoms with van der Waals surface area (Å²) in [5, 5.41) is 0. The van der Waals surface area contributed by atoms with Gasteiger partial charge in [0.2, 0.25) is 0 Å². The van der Waals surface area contributed by atoms with Gasteiger partial charge in [0.25, 0.3) is 0 Å². The molecule has 0 bridgehead atoms. The highest BCUT2D eigenvalue weighted by Crippen LogP contribution is 2.22. The molecule has 1 aliphatic carbocycles. The lowest BCUT2D eigenvalue weighted by atomic mass is 10.1. The van der Waals surface area contributed by atoms with E-state index in [4.69, 9.17) is 16.2 Å². The van der Waals surface area contributed by atoms with Crippen LogP contribution in [0.4, 0.5) is 11.4 Å². The van der Waals surface area contributed by atoms with Crippen molar-refractivity contribution in [1.82, 2.24) is 0 Å². The fraction of sp³-hybridized carbons (Fsp3) is 0.500. The van der Waals surface area contributed by atoms with Gasteiger partial charge in [-0.05, 0) is 43.9 Å². The van der Waals surface area contributed by atoms with E-state index in [1.165, 1.54) is 12.8 Å². The Balaban J connectivity index is 2.01. The van der Waals surface area contributed by atoms with Crippen LogP contribution in [0.25, 0.3) is 0 Å². The molecule has 0 radical (unpaired) electrons. The highest BCUT2D eigenvalue weighted by atomic mass is 16.5. The normalized spacial score (nSPS) is 17.1. The van der Waals surface area contributed by atoms with Crippen molar-refractivity contribution in [2.75, 3.05) is 11.5 Å². The molecule has 0 unspecified atom stereocenters. The van der Waals surface area contributed by atoms with Gasteiger partial charge < -0.3 is 16.2 Å². The molecule has 98 valence electrons. The first-order valence-corrected chi connectivity index (χ1v) is 6.52. The quantitative estimate of drug-likeness (QED) is 0.479. The molecule has 4 nitrogen and oxygen atoms in total. The number of ether oxygens (including phenoxy) is 1. The van der Waals surface area contributed by atoms with Gasteiger partial charge in [-0.1, -0.05) is 12.8 Å². The number of benzene rings is 1. The molecular weight excluding hydrogens is 228 g/mol. The Labute approximate surface area is 107 Å². The zero-order valence-corrected chi connectivity index (χ0v) is 10.5. The predicted octanol–water partition coefficient (Wildman–Crippen LogP) is 2.73. The van der Waals surface area contributed by atoms with Crippen molar-refractivity contribution in [3.8, 4) is 0 Å². The van der Waals surface area contributed by atoms with Crippen molar-refractivity contribution >= 4 is 17.3 Å². The molecule has 1 aromatic carbocycles. The van der Waals surface area contributed by atoms with Crippen molar-refractivity contribution in [2.45, 2.75) is 44.6 Å². The summed E-state index contributed by atoms with van der Waals surface area (Å²) in [5.74, 6) is -0.319. The average molecular weight is 248 g/mol. The van der Waals surface area contributed by atoms with Crippen molar-refractivity contribution in [3.63, 3.8) is 0 Å². The molecule has 0 atom stereocenters. The number of rotatable bonds is 2. The number of anilines is 2.